The summed E-state index contributed by atoms with van der Waals surface area (Å²) in [6.45, 7) is 8.37. The Hall–Kier alpha value is -6.18. The molecule has 1 atom stereocenters. The van der Waals surface area contributed by atoms with E-state index in [0.717, 1.165) is 70.2 Å². The number of hydrogen-bond donors (Lipinski definition) is 0. The van der Waals surface area contributed by atoms with E-state index < -0.39 is 11.5 Å². The standard InChI is InChI=1S/C51H41N/c1-3-18-38(4-2)51(39-21-7-5-8-22-39)49-30-16-15-29-46(49)47-32-31-42(35-50(47)51)52(40-23-9-6-10-24-40)41-25-17-20-36(33-41)48-34-37-19-11-12-26-43(37)44-27-13-14-28-45(44)48/h3-11,14-25,28-35H,1-2,12-13,26-27H2/b38-18+/i6D,9D,10D,23D,24D. The Morgan fingerprint density at radius 1 is 0.654 bits per heavy atom. The van der Waals surface area contributed by atoms with Crippen molar-refractivity contribution < 1.29 is 6.85 Å². The molecule has 9 rings (SSSR count). The van der Waals surface area contributed by atoms with Gasteiger partial charge in [-0.25, -0.2) is 0 Å². The molecule has 6 aromatic rings. The molecule has 3 aliphatic rings. The van der Waals surface area contributed by atoms with Crippen LogP contribution in [0, 0.1) is 0 Å². The van der Waals surface area contributed by atoms with Crippen molar-refractivity contribution in [2.45, 2.75) is 31.1 Å². The molecule has 6 aromatic carbocycles. The maximum Gasteiger partial charge on any atom is 0.0714 e. The van der Waals surface area contributed by atoms with Crippen molar-refractivity contribution in [2.24, 2.45) is 0 Å². The molecular formula is C51H41N. The van der Waals surface area contributed by atoms with Crippen LogP contribution in [-0.4, -0.2) is 0 Å². The van der Waals surface area contributed by atoms with Gasteiger partial charge in [0, 0.05) is 17.1 Å². The summed E-state index contributed by atoms with van der Waals surface area (Å²) in [7, 11) is 0. The molecule has 250 valence electrons. The molecule has 0 saturated carbocycles. The maximum atomic E-state index is 9.27. The first kappa shape index (κ1) is 26.6. The monoisotopic (exact) mass is 672 g/mol. The molecule has 0 heterocycles. The summed E-state index contributed by atoms with van der Waals surface area (Å²) < 4.78 is 44.5. The van der Waals surface area contributed by atoms with Gasteiger partial charge in [0.05, 0.1) is 12.3 Å². The lowest BCUT2D eigenvalue weighted by molar-refractivity contribution is 0.767. The van der Waals surface area contributed by atoms with Crippen molar-refractivity contribution in [3.05, 3.63) is 221 Å². The largest absolute Gasteiger partial charge is 0.310 e. The zero-order chi connectivity index (χ0) is 39.4. The van der Waals surface area contributed by atoms with Gasteiger partial charge in [0.25, 0.3) is 0 Å². The topological polar surface area (TPSA) is 3.24 Å². The lowest BCUT2D eigenvalue weighted by Crippen LogP contribution is -2.29. The summed E-state index contributed by atoms with van der Waals surface area (Å²) in [6.07, 6.45) is 18.8. The highest BCUT2D eigenvalue weighted by atomic mass is 15.1. The molecule has 0 bridgehead atoms. The van der Waals surface area contributed by atoms with E-state index in [1.807, 2.05) is 53.5 Å². The minimum atomic E-state index is -0.783. The van der Waals surface area contributed by atoms with E-state index >= 15 is 0 Å². The van der Waals surface area contributed by atoms with E-state index in [-0.39, 0.29) is 29.9 Å². The number of nitrogens with zero attached hydrogens (tertiary/aromatic N) is 1. The van der Waals surface area contributed by atoms with E-state index in [4.69, 9.17) is 4.11 Å². The quantitative estimate of drug-likeness (QED) is 0.145. The van der Waals surface area contributed by atoms with E-state index in [2.05, 4.69) is 104 Å². The molecule has 0 amide bonds. The number of anilines is 3. The van der Waals surface area contributed by atoms with Crippen LogP contribution in [0.15, 0.2) is 182 Å². The van der Waals surface area contributed by atoms with Gasteiger partial charge in [-0.1, -0.05) is 147 Å². The highest BCUT2D eigenvalue weighted by Gasteiger charge is 2.46. The summed E-state index contributed by atoms with van der Waals surface area (Å²) in [5.74, 6) is 0. The molecule has 0 spiro atoms. The van der Waals surface area contributed by atoms with Crippen molar-refractivity contribution >= 4 is 29.2 Å². The highest BCUT2D eigenvalue weighted by Crippen LogP contribution is 2.57. The van der Waals surface area contributed by atoms with Crippen LogP contribution in [0.1, 0.15) is 58.6 Å². The predicted molar refractivity (Wildman–Crippen MR) is 222 cm³/mol. The predicted octanol–water partition coefficient (Wildman–Crippen LogP) is 13.4. The van der Waals surface area contributed by atoms with Crippen molar-refractivity contribution in [1.82, 2.24) is 0 Å². The molecule has 1 unspecified atom stereocenters. The van der Waals surface area contributed by atoms with Gasteiger partial charge in [-0.05, 0) is 135 Å². The Kier molecular flexibility index (Phi) is 6.74. The first-order valence-corrected chi connectivity index (χ1v) is 18.0. The normalized spacial score (nSPS) is 18.1. The van der Waals surface area contributed by atoms with Crippen LogP contribution in [-0.2, 0) is 18.3 Å². The van der Waals surface area contributed by atoms with E-state index in [1.54, 1.807) is 6.08 Å². The van der Waals surface area contributed by atoms with Gasteiger partial charge < -0.3 is 4.90 Å². The van der Waals surface area contributed by atoms with Crippen LogP contribution >= 0.6 is 0 Å². The van der Waals surface area contributed by atoms with Crippen LogP contribution in [0.3, 0.4) is 0 Å². The fourth-order valence-corrected chi connectivity index (χ4v) is 8.78. The highest BCUT2D eigenvalue weighted by molar-refractivity contribution is 5.91. The smallest absolute Gasteiger partial charge is 0.0714 e. The number of rotatable bonds is 8. The lowest BCUT2D eigenvalue weighted by atomic mass is 9.67. The molecule has 0 aliphatic heterocycles. The number of hydrogen-bond acceptors (Lipinski definition) is 1. The third-order valence-corrected chi connectivity index (χ3v) is 10.9. The molecular weight excluding hydrogens is 627 g/mol. The zero-order valence-electron chi connectivity index (χ0n) is 34.0. The van der Waals surface area contributed by atoms with Crippen LogP contribution in [0.25, 0.3) is 34.4 Å². The Morgan fingerprint density at radius 3 is 2.23 bits per heavy atom. The lowest BCUT2D eigenvalue weighted by Gasteiger charge is -2.35. The van der Waals surface area contributed by atoms with E-state index in [1.165, 1.54) is 22.3 Å². The van der Waals surface area contributed by atoms with Crippen LogP contribution in [0.2, 0.25) is 0 Å². The molecule has 1 heteroatoms. The van der Waals surface area contributed by atoms with Gasteiger partial charge in [-0.15, -0.1) is 0 Å². The second-order valence-corrected chi connectivity index (χ2v) is 13.6. The van der Waals surface area contributed by atoms with Crippen molar-refractivity contribution in [2.75, 3.05) is 4.90 Å². The molecule has 0 fully saturated rings. The van der Waals surface area contributed by atoms with Gasteiger partial charge >= 0.3 is 0 Å². The molecule has 0 radical (unpaired) electrons. The Balaban J connectivity index is 1.34. The van der Waals surface area contributed by atoms with Crippen molar-refractivity contribution in [3.8, 4) is 22.3 Å². The van der Waals surface area contributed by atoms with Crippen molar-refractivity contribution in [3.63, 3.8) is 0 Å². The SMILES string of the molecule is [2H]c1c([2H])c([2H])c(N(c2cccc(-c3cc4c(c5c3C=CCC5)CCC=C4)c2)c2ccc3c(c2)C(/C(C=C)=C/C=C)(c2ccccc2)c2ccccc2-3)c([2H])c1[2H]. The third-order valence-electron chi connectivity index (χ3n) is 10.9. The minimum Gasteiger partial charge on any atom is -0.310 e. The molecule has 0 saturated heterocycles. The summed E-state index contributed by atoms with van der Waals surface area (Å²) in [5.41, 5.74) is 14.3. The van der Waals surface area contributed by atoms with Crippen molar-refractivity contribution in [1.29, 1.82) is 0 Å². The van der Waals surface area contributed by atoms with Gasteiger partial charge in [0.15, 0.2) is 0 Å². The van der Waals surface area contributed by atoms with E-state index in [0.29, 0.717) is 11.4 Å². The van der Waals surface area contributed by atoms with Crippen LogP contribution < -0.4 is 4.90 Å². The number of fused-ring (bicyclic) bond motifs is 6. The Labute approximate surface area is 315 Å². The zero-order valence-corrected chi connectivity index (χ0v) is 29.0. The fraction of sp³-hybridized carbons (Fsp3) is 0.0980. The molecule has 0 N–H and O–H groups in total. The van der Waals surface area contributed by atoms with Gasteiger partial charge in [-0.2, -0.15) is 0 Å². The fourth-order valence-electron chi connectivity index (χ4n) is 8.78. The van der Waals surface area contributed by atoms with Crippen LogP contribution in [0.5, 0.6) is 0 Å². The number of benzene rings is 6. The first-order valence-electron chi connectivity index (χ1n) is 20.5. The van der Waals surface area contributed by atoms with Gasteiger partial charge in [0.2, 0.25) is 0 Å². The van der Waals surface area contributed by atoms with E-state index in [9.17, 15) is 2.74 Å². The average molecular weight is 673 g/mol. The molecule has 0 aromatic heterocycles. The number of allylic oxidation sites excluding steroid dienone is 6. The molecule has 52 heavy (non-hydrogen) atoms. The Bertz CT molecular complexity index is 2710. The minimum absolute atomic E-state index is 0.0831. The molecule has 3 aliphatic carbocycles. The first-order chi connectivity index (χ1) is 27.8. The summed E-state index contributed by atoms with van der Waals surface area (Å²) in [5, 5.41) is 0. The Morgan fingerprint density at radius 2 is 1.40 bits per heavy atom. The average Bonchev–Trinajstić information content (AvgIpc) is 3.55. The van der Waals surface area contributed by atoms with Gasteiger partial charge in [-0.3, -0.25) is 0 Å². The number of para-hydroxylation sites is 1. The second kappa shape index (κ2) is 13.2. The van der Waals surface area contributed by atoms with Crippen LogP contribution in [0.4, 0.5) is 17.1 Å². The third kappa shape index (κ3) is 5.00. The molecule has 1 nitrogen and oxygen atoms in total. The summed E-state index contributed by atoms with van der Waals surface area (Å²) in [4.78, 5) is 1.84. The maximum absolute atomic E-state index is 9.27. The summed E-state index contributed by atoms with van der Waals surface area (Å²) in [6, 6.07) is 33.7. The van der Waals surface area contributed by atoms with Gasteiger partial charge in [0.1, 0.15) is 0 Å². The second-order valence-electron chi connectivity index (χ2n) is 13.6. The summed E-state index contributed by atoms with van der Waals surface area (Å²) >= 11 is 0.